The first-order valence-corrected chi connectivity index (χ1v) is 6.07. The van der Waals surface area contributed by atoms with Gasteiger partial charge in [-0.2, -0.15) is 0 Å². The summed E-state index contributed by atoms with van der Waals surface area (Å²) in [4.78, 5) is 11.8. The Kier molecular flexibility index (Phi) is 5.45. The zero-order valence-electron chi connectivity index (χ0n) is 10.1. The standard InChI is InChI=1S/C13H18ClNO2/c1-9(13(17)15-10(2)8-16)7-11-5-3-4-6-12(11)14/h3-6,9-10,16H,7-8H2,1-2H3,(H,15,17). The van der Waals surface area contributed by atoms with Crippen molar-refractivity contribution in [3.63, 3.8) is 0 Å². The Bertz CT molecular complexity index is 381. The third-order valence-corrected chi connectivity index (χ3v) is 2.96. The summed E-state index contributed by atoms with van der Waals surface area (Å²) in [5.74, 6) is -0.227. The van der Waals surface area contributed by atoms with Crippen LogP contribution in [-0.2, 0) is 11.2 Å². The van der Waals surface area contributed by atoms with Gasteiger partial charge in [-0.05, 0) is 25.0 Å². The molecule has 0 aromatic heterocycles. The molecule has 4 heteroatoms. The van der Waals surface area contributed by atoms with Gasteiger partial charge < -0.3 is 10.4 Å². The van der Waals surface area contributed by atoms with Crippen molar-refractivity contribution in [1.29, 1.82) is 0 Å². The molecule has 0 aliphatic carbocycles. The maximum atomic E-state index is 11.8. The molecule has 1 aromatic carbocycles. The van der Waals surface area contributed by atoms with Crippen molar-refractivity contribution in [3.05, 3.63) is 34.9 Å². The molecule has 2 atom stereocenters. The predicted octanol–water partition coefficient (Wildman–Crippen LogP) is 2.02. The zero-order chi connectivity index (χ0) is 12.8. The van der Waals surface area contributed by atoms with Crippen LogP contribution in [0, 0.1) is 5.92 Å². The molecule has 0 aliphatic heterocycles. The second kappa shape index (κ2) is 6.62. The highest BCUT2D eigenvalue weighted by atomic mass is 35.5. The summed E-state index contributed by atoms with van der Waals surface area (Å²) in [7, 11) is 0. The van der Waals surface area contributed by atoms with E-state index >= 15 is 0 Å². The van der Waals surface area contributed by atoms with Crippen molar-refractivity contribution in [2.75, 3.05) is 6.61 Å². The summed E-state index contributed by atoms with van der Waals surface area (Å²) in [5, 5.41) is 12.3. The monoisotopic (exact) mass is 255 g/mol. The van der Waals surface area contributed by atoms with E-state index in [-0.39, 0.29) is 24.5 Å². The Morgan fingerprint density at radius 3 is 2.65 bits per heavy atom. The molecule has 1 aromatic rings. The number of hydrogen-bond donors (Lipinski definition) is 2. The van der Waals surface area contributed by atoms with E-state index in [0.717, 1.165) is 5.56 Å². The molecular formula is C13H18ClNO2. The molecule has 0 radical (unpaired) electrons. The minimum absolute atomic E-state index is 0.0510. The molecule has 0 saturated heterocycles. The molecule has 0 aliphatic rings. The molecule has 0 heterocycles. The first kappa shape index (κ1) is 14.0. The Balaban J connectivity index is 2.57. The van der Waals surface area contributed by atoms with Crippen molar-refractivity contribution in [3.8, 4) is 0 Å². The van der Waals surface area contributed by atoms with Crippen LogP contribution in [0.15, 0.2) is 24.3 Å². The fraction of sp³-hybridized carbons (Fsp3) is 0.462. The van der Waals surface area contributed by atoms with Crippen LogP contribution in [0.5, 0.6) is 0 Å². The molecule has 94 valence electrons. The predicted molar refractivity (Wildman–Crippen MR) is 69.0 cm³/mol. The lowest BCUT2D eigenvalue weighted by Gasteiger charge is -2.16. The van der Waals surface area contributed by atoms with E-state index in [9.17, 15) is 4.79 Å². The highest BCUT2D eigenvalue weighted by molar-refractivity contribution is 6.31. The van der Waals surface area contributed by atoms with Crippen LogP contribution in [0.1, 0.15) is 19.4 Å². The SMILES string of the molecule is CC(CO)NC(=O)C(C)Cc1ccccc1Cl. The molecule has 0 bridgehead atoms. The number of carbonyl (C=O) groups excluding carboxylic acids is 1. The summed E-state index contributed by atoms with van der Waals surface area (Å²) in [6, 6.07) is 7.29. The van der Waals surface area contributed by atoms with Gasteiger partial charge in [0, 0.05) is 17.0 Å². The maximum absolute atomic E-state index is 11.8. The van der Waals surface area contributed by atoms with Crippen LogP contribution in [0.4, 0.5) is 0 Å². The Morgan fingerprint density at radius 2 is 2.06 bits per heavy atom. The second-order valence-electron chi connectivity index (χ2n) is 4.29. The second-order valence-corrected chi connectivity index (χ2v) is 4.70. The van der Waals surface area contributed by atoms with E-state index in [4.69, 9.17) is 16.7 Å². The Hall–Kier alpha value is -1.06. The van der Waals surface area contributed by atoms with Gasteiger partial charge in [0.2, 0.25) is 5.91 Å². The fourth-order valence-corrected chi connectivity index (χ4v) is 1.73. The molecule has 17 heavy (non-hydrogen) atoms. The molecule has 0 saturated carbocycles. The van der Waals surface area contributed by atoms with E-state index in [2.05, 4.69) is 5.32 Å². The van der Waals surface area contributed by atoms with Gasteiger partial charge in [0.05, 0.1) is 6.61 Å². The van der Waals surface area contributed by atoms with E-state index in [1.165, 1.54) is 0 Å². The summed E-state index contributed by atoms with van der Waals surface area (Å²) < 4.78 is 0. The van der Waals surface area contributed by atoms with Crippen molar-refractivity contribution in [1.82, 2.24) is 5.32 Å². The highest BCUT2D eigenvalue weighted by Gasteiger charge is 2.16. The van der Waals surface area contributed by atoms with Crippen LogP contribution in [0.3, 0.4) is 0 Å². The van der Waals surface area contributed by atoms with Crippen molar-refractivity contribution in [2.45, 2.75) is 26.3 Å². The van der Waals surface area contributed by atoms with Gasteiger partial charge in [0.25, 0.3) is 0 Å². The van der Waals surface area contributed by atoms with Crippen LogP contribution in [0.2, 0.25) is 5.02 Å². The molecule has 0 fully saturated rings. The van der Waals surface area contributed by atoms with Gasteiger partial charge in [0.1, 0.15) is 0 Å². The lowest BCUT2D eigenvalue weighted by atomic mass is 10.00. The number of nitrogens with one attached hydrogen (secondary N) is 1. The molecule has 2 unspecified atom stereocenters. The van der Waals surface area contributed by atoms with E-state index < -0.39 is 0 Å². The van der Waals surface area contributed by atoms with E-state index in [1.54, 1.807) is 6.92 Å². The van der Waals surface area contributed by atoms with Gasteiger partial charge in [-0.1, -0.05) is 36.7 Å². The van der Waals surface area contributed by atoms with Crippen LogP contribution in [-0.4, -0.2) is 23.7 Å². The van der Waals surface area contributed by atoms with E-state index in [1.807, 2.05) is 31.2 Å². The number of halogens is 1. The average molecular weight is 256 g/mol. The van der Waals surface area contributed by atoms with Crippen molar-refractivity contribution < 1.29 is 9.90 Å². The number of rotatable bonds is 5. The van der Waals surface area contributed by atoms with Gasteiger partial charge >= 0.3 is 0 Å². The Morgan fingerprint density at radius 1 is 1.41 bits per heavy atom. The average Bonchev–Trinajstić information content (AvgIpc) is 2.31. The molecular weight excluding hydrogens is 238 g/mol. The van der Waals surface area contributed by atoms with Gasteiger partial charge in [-0.15, -0.1) is 0 Å². The maximum Gasteiger partial charge on any atom is 0.223 e. The topological polar surface area (TPSA) is 49.3 Å². The quantitative estimate of drug-likeness (QED) is 0.846. The lowest BCUT2D eigenvalue weighted by molar-refractivity contribution is -0.125. The Labute approximate surface area is 107 Å². The molecule has 3 nitrogen and oxygen atoms in total. The molecule has 1 amide bonds. The lowest BCUT2D eigenvalue weighted by Crippen LogP contribution is -2.38. The summed E-state index contributed by atoms with van der Waals surface area (Å²) >= 11 is 6.03. The third-order valence-electron chi connectivity index (χ3n) is 2.59. The third kappa shape index (κ3) is 4.36. The number of carbonyl (C=O) groups is 1. The minimum Gasteiger partial charge on any atom is -0.394 e. The minimum atomic E-state index is -0.212. The first-order valence-electron chi connectivity index (χ1n) is 5.69. The molecule has 2 N–H and O–H groups in total. The largest absolute Gasteiger partial charge is 0.394 e. The van der Waals surface area contributed by atoms with Crippen LogP contribution in [0.25, 0.3) is 0 Å². The number of benzene rings is 1. The normalized spacial score (nSPS) is 14.1. The van der Waals surface area contributed by atoms with Crippen LogP contribution >= 0.6 is 11.6 Å². The van der Waals surface area contributed by atoms with Gasteiger partial charge in [0.15, 0.2) is 0 Å². The smallest absolute Gasteiger partial charge is 0.223 e. The zero-order valence-corrected chi connectivity index (χ0v) is 10.9. The van der Waals surface area contributed by atoms with E-state index in [0.29, 0.717) is 11.4 Å². The fourth-order valence-electron chi connectivity index (χ4n) is 1.52. The van der Waals surface area contributed by atoms with Crippen molar-refractivity contribution >= 4 is 17.5 Å². The summed E-state index contributed by atoms with van der Waals surface area (Å²) in [5.41, 5.74) is 0.966. The summed E-state index contributed by atoms with van der Waals surface area (Å²) in [6.07, 6.45) is 0.601. The van der Waals surface area contributed by atoms with Gasteiger partial charge in [-0.3, -0.25) is 4.79 Å². The first-order chi connectivity index (χ1) is 8.04. The number of hydrogen-bond acceptors (Lipinski definition) is 2. The molecule has 1 rings (SSSR count). The number of amides is 1. The van der Waals surface area contributed by atoms with Crippen LogP contribution < -0.4 is 5.32 Å². The number of aliphatic hydroxyl groups is 1. The molecule has 0 spiro atoms. The highest BCUT2D eigenvalue weighted by Crippen LogP contribution is 2.18. The van der Waals surface area contributed by atoms with Crippen molar-refractivity contribution in [2.24, 2.45) is 5.92 Å². The number of aliphatic hydroxyl groups excluding tert-OH is 1. The van der Waals surface area contributed by atoms with Gasteiger partial charge in [-0.25, -0.2) is 0 Å². The summed E-state index contributed by atoms with van der Waals surface area (Å²) in [6.45, 7) is 3.56.